The van der Waals surface area contributed by atoms with Gasteiger partial charge in [-0.25, -0.2) is 4.39 Å². The van der Waals surface area contributed by atoms with Crippen molar-refractivity contribution in [1.29, 1.82) is 0 Å². The molecule has 1 aliphatic heterocycles. The summed E-state index contributed by atoms with van der Waals surface area (Å²) in [4.78, 5) is 25.1. The zero-order valence-electron chi connectivity index (χ0n) is 10.5. The zero-order chi connectivity index (χ0) is 14.2. The molecular weight excluding hydrogens is 315 g/mol. The van der Waals surface area contributed by atoms with Crippen molar-refractivity contribution >= 4 is 27.7 Å². The van der Waals surface area contributed by atoms with Gasteiger partial charge in [-0.1, -0.05) is 15.9 Å². The summed E-state index contributed by atoms with van der Waals surface area (Å²) in [6.45, 7) is 2.36. The van der Waals surface area contributed by atoms with Gasteiger partial charge in [0.15, 0.2) is 0 Å². The highest BCUT2D eigenvalue weighted by Gasteiger charge is 2.41. The average molecular weight is 329 g/mol. The van der Waals surface area contributed by atoms with E-state index in [-0.39, 0.29) is 12.1 Å². The van der Waals surface area contributed by atoms with Gasteiger partial charge in [0, 0.05) is 17.6 Å². The number of halogens is 2. The van der Waals surface area contributed by atoms with E-state index in [0.29, 0.717) is 17.4 Å². The molecule has 1 atom stereocenters. The Bertz CT molecular complexity index is 549. The van der Waals surface area contributed by atoms with Crippen LogP contribution >= 0.6 is 15.9 Å². The highest BCUT2D eigenvalue weighted by molar-refractivity contribution is 9.10. The molecule has 102 valence electrons. The molecular formula is C13H14BrFN2O2. The van der Waals surface area contributed by atoms with E-state index in [1.54, 1.807) is 6.92 Å². The zero-order valence-corrected chi connectivity index (χ0v) is 12.0. The number of nitrogens with zero attached hydrogens (tertiary/aromatic N) is 1. The monoisotopic (exact) mass is 328 g/mol. The minimum absolute atomic E-state index is 0.00287. The number of likely N-dealkylation sites (tertiary alicyclic amines) is 1. The SMILES string of the molecule is CC1(C(N)=O)CCN(C(=O)c2cc(Br)ccc2F)C1. The molecule has 1 saturated heterocycles. The van der Waals surface area contributed by atoms with Crippen LogP contribution in [0.5, 0.6) is 0 Å². The molecule has 0 saturated carbocycles. The second-order valence-electron chi connectivity index (χ2n) is 5.03. The van der Waals surface area contributed by atoms with Crippen molar-refractivity contribution in [3.05, 3.63) is 34.1 Å². The number of hydrogen-bond acceptors (Lipinski definition) is 2. The molecule has 0 aliphatic carbocycles. The number of nitrogens with two attached hydrogens (primary N) is 1. The molecule has 1 aliphatic rings. The summed E-state index contributed by atoms with van der Waals surface area (Å²) in [7, 11) is 0. The Kier molecular flexibility index (Phi) is 3.62. The highest BCUT2D eigenvalue weighted by atomic mass is 79.9. The van der Waals surface area contributed by atoms with Crippen LogP contribution in [0.25, 0.3) is 0 Å². The molecule has 4 nitrogen and oxygen atoms in total. The fourth-order valence-electron chi connectivity index (χ4n) is 2.17. The molecule has 0 radical (unpaired) electrons. The lowest BCUT2D eigenvalue weighted by atomic mass is 9.89. The van der Waals surface area contributed by atoms with E-state index in [2.05, 4.69) is 15.9 Å². The average Bonchev–Trinajstić information content (AvgIpc) is 2.76. The van der Waals surface area contributed by atoms with E-state index in [1.807, 2.05) is 0 Å². The van der Waals surface area contributed by atoms with Crippen LogP contribution < -0.4 is 5.73 Å². The molecule has 0 aromatic heterocycles. The Labute approximate surface area is 118 Å². The molecule has 6 heteroatoms. The van der Waals surface area contributed by atoms with Crippen molar-refractivity contribution < 1.29 is 14.0 Å². The maximum Gasteiger partial charge on any atom is 0.256 e. The summed E-state index contributed by atoms with van der Waals surface area (Å²) >= 11 is 3.21. The minimum Gasteiger partial charge on any atom is -0.369 e. The van der Waals surface area contributed by atoms with Gasteiger partial charge in [0.2, 0.25) is 5.91 Å². The van der Waals surface area contributed by atoms with Crippen molar-refractivity contribution in [1.82, 2.24) is 4.90 Å². The van der Waals surface area contributed by atoms with Crippen LogP contribution in [0, 0.1) is 11.2 Å². The number of carbonyl (C=O) groups excluding carboxylic acids is 2. The van der Waals surface area contributed by atoms with Crippen molar-refractivity contribution in [3.8, 4) is 0 Å². The van der Waals surface area contributed by atoms with Crippen LogP contribution in [-0.2, 0) is 4.79 Å². The van der Waals surface area contributed by atoms with E-state index < -0.39 is 23.0 Å². The van der Waals surface area contributed by atoms with Gasteiger partial charge >= 0.3 is 0 Å². The van der Waals surface area contributed by atoms with Crippen LogP contribution in [-0.4, -0.2) is 29.8 Å². The maximum atomic E-state index is 13.7. The third-order valence-electron chi connectivity index (χ3n) is 3.51. The second kappa shape index (κ2) is 4.92. The van der Waals surface area contributed by atoms with Gasteiger partial charge in [0.25, 0.3) is 5.91 Å². The first kappa shape index (κ1) is 14.0. The predicted molar refractivity (Wildman–Crippen MR) is 71.9 cm³/mol. The van der Waals surface area contributed by atoms with E-state index in [9.17, 15) is 14.0 Å². The number of carbonyl (C=O) groups is 2. The van der Waals surface area contributed by atoms with Crippen LogP contribution in [0.1, 0.15) is 23.7 Å². The fourth-order valence-corrected chi connectivity index (χ4v) is 2.53. The first-order valence-electron chi connectivity index (χ1n) is 5.88. The van der Waals surface area contributed by atoms with Crippen molar-refractivity contribution in [2.75, 3.05) is 13.1 Å². The number of primary amides is 1. The van der Waals surface area contributed by atoms with Gasteiger partial charge in [0.1, 0.15) is 5.82 Å². The fraction of sp³-hybridized carbons (Fsp3) is 0.385. The summed E-state index contributed by atoms with van der Waals surface area (Å²) < 4.78 is 14.3. The molecule has 1 unspecified atom stereocenters. The van der Waals surface area contributed by atoms with Crippen molar-refractivity contribution in [3.63, 3.8) is 0 Å². The van der Waals surface area contributed by atoms with E-state index in [1.165, 1.54) is 23.1 Å². The first-order chi connectivity index (χ1) is 8.83. The van der Waals surface area contributed by atoms with Gasteiger partial charge < -0.3 is 10.6 Å². The lowest BCUT2D eigenvalue weighted by Gasteiger charge is -2.21. The van der Waals surface area contributed by atoms with Crippen LogP contribution in [0.3, 0.4) is 0 Å². The number of benzene rings is 1. The Morgan fingerprint density at radius 1 is 1.47 bits per heavy atom. The Morgan fingerprint density at radius 2 is 2.16 bits per heavy atom. The smallest absolute Gasteiger partial charge is 0.256 e. The van der Waals surface area contributed by atoms with E-state index in [0.717, 1.165) is 0 Å². The van der Waals surface area contributed by atoms with Crippen molar-refractivity contribution in [2.24, 2.45) is 11.1 Å². The second-order valence-corrected chi connectivity index (χ2v) is 5.94. The van der Waals surface area contributed by atoms with Gasteiger partial charge in [0.05, 0.1) is 11.0 Å². The highest BCUT2D eigenvalue weighted by Crippen LogP contribution is 2.31. The van der Waals surface area contributed by atoms with Crippen molar-refractivity contribution in [2.45, 2.75) is 13.3 Å². The topological polar surface area (TPSA) is 63.4 Å². The third-order valence-corrected chi connectivity index (χ3v) is 4.01. The van der Waals surface area contributed by atoms with Gasteiger partial charge in [-0.3, -0.25) is 9.59 Å². The lowest BCUT2D eigenvalue weighted by Crippen LogP contribution is -2.38. The molecule has 2 amide bonds. The number of amides is 2. The van der Waals surface area contributed by atoms with Crippen LogP contribution in [0.2, 0.25) is 0 Å². The van der Waals surface area contributed by atoms with E-state index in [4.69, 9.17) is 5.73 Å². The normalized spacial score (nSPS) is 22.6. The molecule has 0 spiro atoms. The van der Waals surface area contributed by atoms with Gasteiger partial charge in [-0.2, -0.15) is 0 Å². The summed E-state index contributed by atoms with van der Waals surface area (Å²) in [6, 6.07) is 4.21. The maximum absolute atomic E-state index is 13.7. The minimum atomic E-state index is -0.724. The van der Waals surface area contributed by atoms with Gasteiger partial charge in [-0.15, -0.1) is 0 Å². The molecule has 2 rings (SSSR count). The Hall–Kier alpha value is -1.43. The quantitative estimate of drug-likeness (QED) is 0.901. The summed E-state index contributed by atoms with van der Waals surface area (Å²) in [5, 5.41) is 0. The lowest BCUT2D eigenvalue weighted by molar-refractivity contribution is -0.126. The van der Waals surface area contributed by atoms with Crippen LogP contribution in [0.15, 0.2) is 22.7 Å². The molecule has 1 fully saturated rings. The molecule has 2 N–H and O–H groups in total. The van der Waals surface area contributed by atoms with Crippen LogP contribution in [0.4, 0.5) is 4.39 Å². The molecule has 1 aromatic carbocycles. The predicted octanol–water partition coefficient (Wildman–Crippen LogP) is 1.93. The standard InChI is InChI=1S/C13H14BrFN2O2/c1-13(12(16)19)4-5-17(7-13)11(18)9-6-8(14)2-3-10(9)15/h2-3,6H,4-5,7H2,1H3,(H2,16,19). The van der Waals surface area contributed by atoms with E-state index >= 15 is 0 Å². The Morgan fingerprint density at radius 3 is 2.74 bits per heavy atom. The summed E-state index contributed by atoms with van der Waals surface area (Å²) in [5.41, 5.74) is 4.61. The molecule has 19 heavy (non-hydrogen) atoms. The number of rotatable bonds is 2. The summed E-state index contributed by atoms with van der Waals surface area (Å²) in [6.07, 6.45) is 0.504. The third kappa shape index (κ3) is 2.63. The Balaban J connectivity index is 2.22. The molecule has 0 bridgehead atoms. The number of hydrogen-bond donors (Lipinski definition) is 1. The molecule has 1 heterocycles. The molecule has 1 aromatic rings. The largest absolute Gasteiger partial charge is 0.369 e. The first-order valence-corrected chi connectivity index (χ1v) is 6.67. The van der Waals surface area contributed by atoms with Gasteiger partial charge in [-0.05, 0) is 31.5 Å². The summed E-state index contributed by atoms with van der Waals surface area (Å²) in [5.74, 6) is -1.41.